The molecule has 0 fully saturated rings. The normalized spacial score (nSPS) is 12.2. The summed E-state index contributed by atoms with van der Waals surface area (Å²) in [5.74, 6) is -0.405. The fraction of sp³-hybridized carbons (Fsp3) is 0.455. The molecule has 17 heavy (non-hydrogen) atoms. The molecule has 0 aromatic heterocycles. The summed E-state index contributed by atoms with van der Waals surface area (Å²) in [6, 6.07) is 2.82. The van der Waals surface area contributed by atoms with Gasteiger partial charge in [0.25, 0.3) is 0 Å². The van der Waals surface area contributed by atoms with Crippen molar-refractivity contribution in [1.29, 1.82) is 0 Å². The summed E-state index contributed by atoms with van der Waals surface area (Å²) in [7, 11) is 1.33. The van der Waals surface area contributed by atoms with Crippen LogP contribution < -0.4 is 4.74 Å². The SMILES string of the molecule is COc1cc(CC[C@H](C)O)cc([N+](=O)[O-])c1O. The highest BCUT2D eigenvalue weighted by molar-refractivity contribution is 5.57. The van der Waals surface area contributed by atoms with E-state index in [2.05, 4.69) is 0 Å². The summed E-state index contributed by atoms with van der Waals surface area (Å²) in [6.45, 7) is 1.64. The van der Waals surface area contributed by atoms with Crippen molar-refractivity contribution in [3.63, 3.8) is 0 Å². The smallest absolute Gasteiger partial charge is 0.314 e. The van der Waals surface area contributed by atoms with Gasteiger partial charge >= 0.3 is 5.69 Å². The first-order valence-electron chi connectivity index (χ1n) is 5.18. The number of aliphatic hydroxyl groups excluding tert-OH is 1. The molecule has 1 aromatic carbocycles. The zero-order valence-corrected chi connectivity index (χ0v) is 9.71. The van der Waals surface area contributed by atoms with Crippen LogP contribution in [-0.2, 0) is 6.42 Å². The first-order chi connectivity index (χ1) is 7.95. The molecule has 0 radical (unpaired) electrons. The number of rotatable bonds is 5. The topological polar surface area (TPSA) is 92.8 Å². The van der Waals surface area contributed by atoms with Crippen molar-refractivity contribution >= 4 is 5.69 Å². The van der Waals surface area contributed by atoms with Gasteiger partial charge < -0.3 is 14.9 Å². The van der Waals surface area contributed by atoms with Gasteiger partial charge in [0.15, 0.2) is 5.75 Å². The average molecular weight is 241 g/mol. The molecule has 0 saturated heterocycles. The van der Waals surface area contributed by atoms with Crippen molar-refractivity contribution in [1.82, 2.24) is 0 Å². The first kappa shape index (κ1) is 13.2. The van der Waals surface area contributed by atoms with Gasteiger partial charge in [-0.15, -0.1) is 0 Å². The van der Waals surface area contributed by atoms with Gasteiger partial charge in [-0.3, -0.25) is 10.1 Å². The van der Waals surface area contributed by atoms with E-state index in [4.69, 9.17) is 9.84 Å². The number of hydrogen-bond acceptors (Lipinski definition) is 5. The van der Waals surface area contributed by atoms with Crippen molar-refractivity contribution < 1.29 is 19.9 Å². The molecule has 0 amide bonds. The number of benzene rings is 1. The second kappa shape index (κ2) is 5.49. The van der Waals surface area contributed by atoms with E-state index in [0.29, 0.717) is 18.4 Å². The molecule has 1 rings (SSSR count). The molecule has 0 aliphatic carbocycles. The maximum atomic E-state index is 10.7. The fourth-order valence-corrected chi connectivity index (χ4v) is 1.46. The Kier molecular flexibility index (Phi) is 4.28. The van der Waals surface area contributed by atoms with Crippen molar-refractivity contribution in [3.05, 3.63) is 27.8 Å². The summed E-state index contributed by atoms with van der Waals surface area (Å²) in [5, 5.41) is 29.4. The number of phenols is 1. The average Bonchev–Trinajstić information content (AvgIpc) is 2.27. The molecule has 0 spiro atoms. The summed E-state index contributed by atoms with van der Waals surface area (Å²) in [4.78, 5) is 10.1. The molecular formula is C11H15NO5. The van der Waals surface area contributed by atoms with E-state index in [1.807, 2.05) is 0 Å². The quantitative estimate of drug-likeness (QED) is 0.603. The fourth-order valence-electron chi connectivity index (χ4n) is 1.46. The maximum absolute atomic E-state index is 10.7. The van der Waals surface area contributed by atoms with Crippen molar-refractivity contribution in [2.45, 2.75) is 25.9 Å². The van der Waals surface area contributed by atoms with Crippen LogP contribution in [0.15, 0.2) is 12.1 Å². The Morgan fingerprint density at radius 3 is 2.65 bits per heavy atom. The Bertz CT molecular complexity index is 417. The highest BCUT2D eigenvalue weighted by atomic mass is 16.6. The Morgan fingerprint density at radius 2 is 2.18 bits per heavy atom. The molecule has 0 saturated carbocycles. The zero-order chi connectivity index (χ0) is 13.0. The predicted molar refractivity (Wildman–Crippen MR) is 61.3 cm³/mol. The summed E-state index contributed by atoms with van der Waals surface area (Å²) in [5.41, 5.74) is 0.261. The zero-order valence-electron chi connectivity index (χ0n) is 9.71. The lowest BCUT2D eigenvalue weighted by Crippen LogP contribution is -2.02. The minimum absolute atomic E-state index is 0.0693. The minimum atomic E-state index is -0.663. The van der Waals surface area contributed by atoms with Crippen LogP contribution in [0.4, 0.5) is 5.69 Å². The van der Waals surface area contributed by atoms with Crippen LogP contribution in [0.2, 0.25) is 0 Å². The first-order valence-corrected chi connectivity index (χ1v) is 5.18. The third-order valence-electron chi connectivity index (χ3n) is 2.38. The van der Waals surface area contributed by atoms with Gasteiger partial charge in [0.05, 0.1) is 18.1 Å². The minimum Gasteiger partial charge on any atom is -0.500 e. The van der Waals surface area contributed by atoms with E-state index in [-0.39, 0.29) is 11.4 Å². The lowest BCUT2D eigenvalue weighted by molar-refractivity contribution is -0.386. The number of aromatic hydroxyl groups is 1. The number of nitro groups is 1. The monoisotopic (exact) mass is 241 g/mol. The number of nitro benzene ring substituents is 1. The Balaban J connectivity index is 3.07. The van der Waals surface area contributed by atoms with Crippen LogP contribution in [0.1, 0.15) is 18.9 Å². The molecule has 94 valence electrons. The second-order valence-corrected chi connectivity index (χ2v) is 3.81. The molecule has 0 unspecified atom stereocenters. The van der Waals surface area contributed by atoms with Crippen LogP contribution in [0.5, 0.6) is 11.5 Å². The van der Waals surface area contributed by atoms with Gasteiger partial charge in [0.1, 0.15) is 0 Å². The number of aliphatic hydroxyl groups is 1. The predicted octanol–water partition coefficient (Wildman–Crippen LogP) is 1.62. The molecule has 0 aliphatic heterocycles. The van der Waals surface area contributed by atoms with E-state index >= 15 is 0 Å². The van der Waals surface area contributed by atoms with E-state index in [0.717, 1.165) is 0 Å². The van der Waals surface area contributed by atoms with Crippen molar-refractivity contribution in [3.8, 4) is 11.5 Å². The van der Waals surface area contributed by atoms with Gasteiger partial charge in [-0.05, 0) is 31.4 Å². The lowest BCUT2D eigenvalue weighted by Gasteiger charge is -2.08. The Morgan fingerprint density at radius 1 is 1.53 bits per heavy atom. The highest BCUT2D eigenvalue weighted by Gasteiger charge is 2.19. The number of ether oxygens (including phenoxy) is 1. The standard InChI is InChI=1S/C11H15NO5/c1-7(13)3-4-8-5-9(12(15)16)11(14)10(6-8)17-2/h5-7,13-14H,3-4H2,1-2H3/t7-/m0/s1. The molecule has 1 aromatic rings. The third kappa shape index (κ3) is 3.32. The van der Waals surface area contributed by atoms with Crippen LogP contribution in [0.3, 0.4) is 0 Å². The molecule has 6 heteroatoms. The maximum Gasteiger partial charge on any atom is 0.314 e. The number of hydrogen-bond donors (Lipinski definition) is 2. The van der Waals surface area contributed by atoms with Gasteiger partial charge in [0.2, 0.25) is 5.75 Å². The van der Waals surface area contributed by atoms with Gasteiger partial charge in [0, 0.05) is 6.07 Å². The van der Waals surface area contributed by atoms with E-state index in [1.165, 1.54) is 19.2 Å². The van der Waals surface area contributed by atoms with Gasteiger partial charge in [-0.2, -0.15) is 0 Å². The second-order valence-electron chi connectivity index (χ2n) is 3.81. The van der Waals surface area contributed by atoms with Crippen LogP contribution in [0, 0.1) is 10.1 Å². The number of methoxy groups -OCH3 is 1. The van der Waals surface area contributed by atoms with Crippen LogP contribution in [-0.4, -0.2) is 28.4 Å². The Labute approximate surface area is 98.6 Å². The summed E-state index contributed by atoms with van der Waals surface area (Å²) < 4.78 is 4.87. The van der Waals surface area contributed by atoms with E-state index < -0.39 is 16.8 Å². The Hall–Kier alpha value is -1.82. The summed E-state index contributed by atoms with van der Waals surface area (Å²) >= 11 is 0. The molecule has 1 atom stereocenters. The molecular weight excluding hydrogens is 226 g/mol. The van der Waals surface area contributed by atoms with Gasteiger partial charge in [-0.1, -0.05) is 0 Å². The number of aryl methyl sites for hydroxylation is 1. The molecule has 0 heterocycles. The lowest BCUT2D eigenvalue weighted by atomic mass is 10.1. The molecule has 2 N–H and O–H groups in total. The molecule has 0 aliphatic rings. The van der Waals surface area contributed by atoms with E-state index in [1.54, 1.807) is 6.92 Å². The highest BCUT2D eigenvalue weighted by Crippen LogP contribution is 2.37. The van der Waals surface area contributed by atoms with Crippen LogP contribution in [0.25, 0.3) is 0 Å². The number of nitrogens with zero attached hydrogens (tertiary/aromatic N) is 1. The van der Waals surface area contributed by atoms with Crippen molar-refractivity contribution in [2.75, 3.05) is 7.11 Å². The molecule has 0 bridgehead atoms. The number of phenolic OH excluding ortho intramolecular Hbond substituents is 1. The molecule has 6 nitrogen and oxygen atoms in total. The summed E-state index contributed by atoms with van der Waals surface area (Å²) in [6.07, 6.45) is 0.495. The van der Waals surface area contributed by atoms with Gasteiger partial charge in [-0.25, -0.2) is 0 Å². The van der Waals surface area contributed by atoms with Crippen molar-refractivity contribution in [2.24, 2.45) is 0 Å². The van der Waals surface area contributed by atoms with Crippen LogP contribution >= 0.6 is 0 Å². The largest absolute Gasteiger partial charge is 0.500 e. The van der Waals surface area contributed by atoms with E-state index in [9.17, 15) is 15.2 Å². The third-order valence-corrected chi connectivity index (χ3v) is 2.38.